The van der Waals surface area contributed by atoms with Crippen molar-refractivity contribution in [3.05, 3.63) is 70.8 Å². The van der Waals surface area contributed by atoms with Crippen LogP contribution in [-0.2, 0) is 0 Å². The molecule has 0 radical (unpaired) electrons. The molecule has 0 spiro atoms. The van der Waals surface area contributed by atoms with Crippen LogP contribution in [0.2, 0.25) is 0 Å². The summed E-state index contributed by atoms with van der Waals surface area (Å²) in [6.07, 6.45) is -2.20. The van der Waals surface area contributed by atoms with Crippen LogP contribution >= 0.6 is 0 Å². The molecule has 0 heterocycles. The largest absolute Gasteiger partial charge is 0.382 e. The monoisotopic (exact) mass is 341 g/mol. The van der Waals surface area contributed by atoms with Crippen molar-refractivity contribution in [3.63, 3.8) is 0 Å². The Labute approximate surface area is 135 Å². The quantitative estimate of drug-likeness (QED) is 0.819. The van der Waals surface area contributed by atoms with Crippen LogP contribution in [0.15, 0.2) is 42.5 Å². The maximum Gasteiger partial charge on any atom is 0.294 e. The highest BCUT2D eigenvalue weighted by Crippen LogP contribution is 2.30. The molecule has 1 atom stereocenters. The highest BCUT2D eigenvalue weighted by atomic mass is 19.3. The standard InChI is InChI=1S/C17H15F4NO2/c1-10-8-13(19)6-7-14(10)16(24)22-9-17(20,21)15(23)11-2-4-12(18)5-3-11/h2-8,15,23H,9H2,1H3,(H,22,24). The van der Waals surface area contributed by atoms with Crippen molar-refractivity contribution < 1.29 is 27.5 Å². The maximum absolute atomic E-state index is 14.0. The Balaban J connectivity index is 2.06. The number of amides is 1. The Morgan fingerprint density at radius 1 is 1.12 bits per heavy atom. The van der Waals surface area contributed by atoms with E-state index in [1.807, 2.05) is 5.32 Å². The number of alkyl halides is 2. The molecule has 128 valence electrons. The minimum Gasteiger partial charge on any atom is -0.382 e. The minimum atomic E-state index is -3.67. The number of carbonyl (C=O) groups is 1. The lowest BCUT2D eigenvalue weighted by Gasteiger charge is -2.23. The first-order chi connectivity index (χ1) is 11.2. The van der Waals surface area contributed by atoms with E-state index in [1.165, 1.54) is 13.0 Å². The number of aliphatic hydroxyl groups excluding tert-OH is 1. The van der Waals surface area contributed by atoms with Crippen LogP contribution in [-0.4, -0.2) is 23.5 Å². The van der Waals surface area contributed by atoms with E-state index in [2.05, 4.69) is 0 Å². The number of aryl methyl sites for hydroxylation is 1. The minimum absolute atomic E-state index is 0.0588. The van der Waals surface area contributed by atoms with Crippen LogP contribution in [0.1, 0.15) is 27.6 Å². The second-order valence-electron chi connectivity index (χ2n) is 5.36. The SMILES string of the molecule is Cc1cc(F)ccc1C(=O)NCC(F)(F)C(O)c1ccc(F)cc1. The second-order valence-corrected chi connectivity index (χ2v) is 5.36. The van der Waals surface area contributed by atoms with Crippen LogP contribution in [0.3, 0.4) is 0 Å². The van der Waals surface area contributed by atoms with Gasteiger partial charge in [0.05, 0.1) is 6.54 Å². The molecule has 1 amide bonds. The summed E-state index contributed by atoms with van der Waals surface area (Å²) < 4.78 is 53.8. The van der Waals surface area contributed by atoms with Gasteiger partial charge in [0.1, 0.15) is 17.7 Å². The summed E-state index contributed by atoms with van der Waals surface area (Å²) in [4.78, 5) is 11.9. The molecule has 2 N–H and O–H groups in total. The number of nitrogens with one attached hydrogen (secondary N) is 1. The van der Waals surface area contributed by atoms with Gasteiger partial charge in [-0.25, -0.2) is 17.6 Å². The van der Waals surface area contributed by atoms with Crippen molar-refractivity contribution >= 4 is 5.91 Å². The zero-order valence-electron chi connectivity index (χ0n) is 12.7. The molecular weight excluding hydrogens is 326 g/mol. The molecule has 2 rings (SSSR count). The molecule has 0 aliphatic heterocycles. The number of hydrogen-bond donors (Lipinski definition) is 2. The van der Waals surface area contributed by atoms with E-state index in [0.717, 1.165) is 36.4 Å². The van der Waals surface area contributed by atoms with Crippen LogP contribution in [0.5, 0.6) is 0 Å². The van der Waals surface area contributed by atoms with Gasteiger partial charge < -0.3 is 10.4 Å². The molecule has 0 aliphatic rings. The molecule has 0 fully saturated rings. The summed E-state index contributed by atoms with van der Waals surface area (Å²) >= 11 is 0. The number of halogens is 4. The average molecular weight is 341 g/mol. The summed E-state index contributed by atoms with van der Waals surface area (Å²) in [7, 11) is 0. The van der Waals surface area contributed by atoms with Crippen molar-refractivity contribution in [1.82, 2.24) is 5.32 Å². The van der Waals surface area contributed by atoms with Crippen molar-refractivity contribution in [3.8, 4) is 0 Å². The van der Waals surface area contributed by atoms with Gasteiger partial charge in [-0.3, -0.25) is 4.79 Å². The molecule has 0 aromatic heterocycles. The van der Waals surface area contributed by atoms with E-state index in [9.17, 15) is 27.5 Å². The first-order valence-electron chi connectivity index (χ1n) is 7.06. The van der Waals surface area contributed by atoms with Crippen molar-refractivity contribution in [2.75, 3.05) is 6.54 Å². The van der Waals surface area contributed by atoms with E-state index in [4.69, 9.17) is 0 Å². The van der Waals surface area contributed by atoms with Crippen LogP contribution in [0.4, 0.5) is 17.6 Å². The normalized spacial score (nSPS) is 12.8. The number of hydrogen-bond acceptors (Lipinski definition) is 2. The zero-order valence-corrected chi connectivity index (χ0v) is 12.7. The first kappa shape index (κ1) is 17.9. The fraction of sp³-hybridized carbons (Fsp3) is 0.235. The lowest BCUT2D eigenvalue weighted by Crippen LogP contribution is -2.41. The number of carbonyl (C=O) groups excluding carboxylic acids is 1. The lowest BCUT2D eigenvalue weighted by atomic mass is 10.0. The summed E-state index contributed by atoms with van der Waals surface area (Å²) in [5.74, 6) is -5.63. The van der Waals surface area contributed by atoms with Gasteiger partial charge >= 0.3 is 0 Å². The smallest absolute Gasteiger partial charge is 0.294 e. The highest BCUT2D eigenvalue weighted by Gasteiger charge is 2.39. The van der Waals surface area contributed by atoms with E-state index >= 15 is 0 Å². The molecule has 0 bridgehead atoms. The first-order valence-corrected chi connectivity index (χ1v) is 7.06. The third kappa shape index (κ3) is 4.11. The second kappa shape index (κ2) is 7.00. The molecule has 1 unspecified atom stereocenters. The number of aliphatic hydroxyl groups is 1. The Morgan fingerprint density at radius 3 is 2.29 bits per heavy atom. The van der Waals surface area contributed by atoms with Crippen LogP contribution in [0.25, 0.3) is 0 Å². The average Bonchev–Trinajstić information content (AvgIpc) is 2.53. The highest BCUT2D eigenvalue weighted by molar-refractivity contribution is 5.95. The van der Waals surface area contributed by atoms with Crippen molar-refractivity contribution in [2.45, 2.75) is 19.0 Å². The zero-order chi connectivity index (χ0) is 17.9. The lowest BCUT2D eigenvalue weighted by molar-refractivity contribution is -0.106. The third-order valence-electron chi connectivity index (χ3n) is 3.50. The van der Waals surface area contributed by atoms with Crippen LogP contribution in [0, 0.1) is 18.6 Å². The maximum atomic E-state index is 14.0. The topological polar surface area (TPSA) is 49.3 Å². The molecule has 0 saturated heterocycles. The van der Waals surface area contributed by atoms with E-state index in [0.29, 0.717) is 5.56 Å². The summed E-state index contributed by atoms with van der Waals surface area (Å²) in [5, 5.41) is 11.8. The molecule has 3 nitrogen and oxygen atoms in total. The third-order valence-corrected chi connectivity index (χ3v) is 3.50. The van der Waals surface area contributed by atoms with Gasteiger partial charge in [0.15, 0.2) is 0 Å². The van der Waals surface area contributed by atoms with Gasteiger partial charge in [-0.1, -0.05) is 12.1 Å². The Bertz CT molecular complexity index is 732. The Kier molecular flexibility index (Phi) is 5.23. The molecule has 7 heteroatoms. The molecular formula is C17H15F4NO2. The predicted molar refractivity (Wildman–Crippen MR) is 79.8 cm³/mol. The fourth-order valence-electron chi connectivity index (χ4n) is 2.16. The van der Waals surface area contributed by atoms with E-state index in [-0.39, 0.29) is 11.1 Å². The number of rotatable bonds is 5. The Hall–Kier alpha value is -2.41. The molecule has 2 aromatic rings. The van der Waals surface area contributed by atoms with Crippen molar-refractivity contribution in [2.24, 2.45) is 0 Å². The predicted octanol–water partition coefficient (Wildman–Crippen LogP) is 3.37. The van der Waals surface area contributed by atoms with Gasteiger partial charge in [0.25, 0.3) is 11.8 Å². The van der Waals surface area contributed by atoms with E-state index in [1.54, 1.807) is 0 Å². The summed E-state index contributed by atoms with van der Waals surface area (Å²) in [5.41, 5.74) is 0.187. The van der Waals surface area contributed by atoms with Crippen molar-refractivity contribution in [1.29, 1.82) is 0 Å². The van der Waals surface area contributed by atoms with Gasteiger partial charge in [0, 0.05) is 5.56 Å². The van der Waals surface area contributed by atoms with Gasteiger partial charge in [0.2, 0.25) is 0 Å². The van der Waals surface area contributed by atoms with E-state index < -0.39 is 36.1 Å². The van der Waals surface area contributed by atoms with Gasteiger partial charge in [-0.05, 0) is 48.4 Å². The number of benzene rings is 2. The Morgan fingerprint density at radius 2 is 1.71 bits per heavy atom. The summed E-state index contributed by atoms with van der Waals surface area (Å²) in [6.45, 7) is 0.352. The summed E-state index contributed by atoms with van der Waals surface area (Å²) in [6, 6.07) is 7.34. The fourth-order valence-corrected chi connectivity index (χ4v) is 2.16. The van der Waals surface area contributed by atoms with Gasteiger partial charge in [-0.2, -0.15) is 0 Å². The molecule has 24 heavy (non-hydrogen) atoms. The van der Waals surface area contributed by atoms with Gasteiger partial charge in [-0.15, -0.1) is 0 Å². The molecule has 2 aromatic carbocycles. The molecule has 0 aliphatic carbocycles. The molecule has 0 saturated carbocycles. The van der Waals surface area contributed by atoms with Crippen LogP contribution < -0.4 is 5.32 Å².